The maximum atomic E-state index is 12.9. The van der Waals surface area contributed by atoms with E-state index in [-0.39, 0.29) is 13.1 Å². The zero-order valence-electron chi connectivity index (χ0n) is 12.7. The van der Waals surface area contributed by atoms with Gasteiger partial charge in [-0.1, -0.05) is 18.2 Å². The van der Waals surface area contributed by atoms with Gasteiger partial charge in [0.05, 0.1) is 4.90 Å². The monoisotopic (exact) mass is 293 g/mol. The van der Waals surface area contributed by atoms with Crippen LogP contribution in [0, 0.1) is 27.7 Å². The molecular formula is C16H23NO2S. The van der Waals surface area contributed by atoms with E-state index in [0.717, 1.165) is 22.3 Å². The fourth-order valence-electron chi connectivity index (χ4n) is 2.26. The maximum absolute atomic E-state index is 12.9. The molecule has 0 N–H and O–H groups in total. The zero-order chi connectivity index (χ0) is 15.5. The highest BCUT2D eigenvalue weighted by Crippen LogP contribution is 2.28. The molecular weight excluding hydrogens is 270 g/mol. The van der Waals surface area contributed by atoms with Crippen molar-refractivity contribution < 1.29 is 8.42 Å². The molecule has 1 rings (SSSR count). The van der Waals surface area contributed by atoms with Crippen LogP contribution in [0.3, 0.4) is 0 Å². The van der Waals surface area contributed by atoms with Crippen LogP contribution in [0.4, 0.5) is 0 Å². The zero-order valence-corrected chi connectivity index (χ0v) is 13.5. The number of hydrogen-bond donors (Lipinski definition) is 0. The van der Waals surface area contributed by atoms with Gasteiger partial charge in [-0.05, 0) is 49.9 Å². The second-order valence-electron chi connectivity index (χ2n) is 4.99. The fraction of sp³-hybridized carbons (Fsp3) is 0.375. The SMILES string of the molecule is C=CCN(CC=C)S(=O)(=O)c1c(C)c(C)cc(C)c1C. The summed E-state index contributed by atoms with van der Waals surface area (Å²) in [5.74, 6) is 0. The van der Waals surface area contributed by atoms with Crippen molar-refractivity contribution in [3.63, 3.8) is 0 Å². The minimum absolute atomic E-state index is 0.278. The normalized spacial score (nSPS) is 11.7. The topological polar surface area (TPSA) is 37.4 Å². The molecule has 0 atom stereocenters. The molecule has 0 radical (unpaired) electrons. The van der Waals surface area contributed by atoms with E-state index in [1.54, 1.807) is 12.2 Å². The molecule has 0 aromatic heterocycles. The molecule has 1 aromatic carbocycles. The third-order valence-electron chi connectivity index (χ3n) is 3.56. The number of hydrogen-bond acceptors (Lipinski definition) is 2. The molecule has 0 spiro atoms. The molecule has 0 saturated heterocycles. The molecule has 0 aliphatic heterocycles. The molecule has 0 aliphatic carbocycles. The molecule has 110 valence electrons. The van der Waals surface area contributed by atoms with E-state index in [9.17, 15) is 8.42 Å². The van der Waals surface area contributed by atoms with Crippen molar-refractivity contribution in [2.75, 3.05) is 13.1 Å². The van der Waals surface area contributed by atoms with Gasteiger partial charge in [-0.3, -0.25) is 0 Å². The van der Waals surface area contributed by atoms with Gasteiger partial charge in [0, 0.05) is 13.1 Å². The molecule has 0 unspecified atom stereocenters. The van der Waals surface area contributed by atoms with Gasteiger partial charge in [0.1, 0.15) is 0 Å². The Labute approximate surface area is 122 Å². The summed E-state index contributed by atoms with van der Waals surface area (Å²) in [5.41, 5.74) is 3.60. The van der Waals surface area contributed by atoms with Gasteiger partial charge in [0.15, 0.2) is 0 Å². The van der Waals surface area contributed by atoms with Crippen LogP contribution in [0.2, 0.25) is 0 Å². The Kier molecular flexibility index (Phi) is 5.31. The van der Waals surface area contributed by atoms with Crippen LogP contribution in [0.25, 0.3) is 0 Å². The second-order valence-corrected chi connectivity index (χ2v) is 6.86. The summed E-state index contributed by atoms with van der Waals surface area (Å²) in [6.45, 7) is 15.4. The molecule has 0 fully saturated rings. The quantitative estimate of drug-likeness (QED) is 0.755. The number of nitrogens with zero attached hydrogens (tertiary/aromatic N) is 1. The highest BCUT2D eigenvalue weighted by Gasteiger charge is 2.27. The van der Waals surface area contributed by atoms with Crippen LogP contribution in [0.1, 0.15) is 22.3 Å². The first kappa shape index (κ1) is 16.7. The van der Waals surface area contributed by atoms with Crippen molar-refractivity contribution in [2.24, 2.45) is 0 Å². The number of aryl methyl sites for hydroxylation is 2. The summed E-state index contributed by atoms with van der Waals surface area (Å²) in [5, 5.41) is 0. The van der Waals surface area contributed by atoms with E-state index in [2.05, 4.69) is 13.2 Å². The fourth-order valence-corrected chi connectivity index (χ4v) is 4.21. The van der Waals surface area contributed by atoms with Crippen molar-refractivity contribution >= 4 is 10.0 Å². The predicted molar refractivity (Wildman–Crippen MR) is 84.5 cm³/mol. The summed E-state index contributed by atoms with van der Waals surface area (Å²) < 4.78 is 27.2. The molecule has 0 amide bonds. The lowest BCUT2D eigenvalue weighted by molar-refractivity contribution is 0.473. The van der Waals surface area contributed by atoms with Crippen molar-refractivity contribution in [3.05, 3.63) is 53.6 Å². The van der Waals surface area contributed by atoms with Gasteiger partial charge in [-0.2, -0.15) is 4.31 Å². The van der Waals surface area contributed by atoms with E-state index in [0.29, 0.717) is 4.90 Å². The number of rotatable bonds is 6. The molecule has 0 bridgehead atoms. The second kappa shape index (κ2) is 6.37. The maximum Gasteiger partial charge on any atom is 0.244 e. The Morgan fingerprint density at radius 3 is 1.75 bits per heavy atom. The number of sulfonamides is 1. The lowest BCUT2D eigenvalue weighted by atomic mass is 10.0. The van der Waals surface area contributed by atoms with E-state index in [1.807, 2.05) is 33.8 Å². The minimum atomic E-state index is -3.54. The lowest BCUT2D eigenvalue weighted by Crippen LogP contribution is -2.32. The van der Waals surface area contributed by atoms with Crippen molar-refractivity contribution in [2.45, 2.75) is 32.6 Å². The van der Waals surface area contributed by atoms with Gasteiger partial charge < -0.3 is 0 Å². The summed E-state index contributed by atoms with van der Waals surface area (Å²) in [7, 11) is -3.54. The third-order valence-corrected chi connectivity index (χ3v) is 5.67. The van der Waals surface area contributed by atoms with Crippen LogP contribution < -0.4 is 0 Å². The van der Waals surface area contributed by atoms with Gasteiger partial charge in [-0.15, -0.1) is 13.2 Å². The van der Waals surface area contributed by atoms with Crippen molar-refractivity contribution in [3.8, 4) is 0 Å². The van der Waals surface area contributed by atoms with Crippen LogP contribution in [-0.2, 0) is 10.0 Å². The Morgan fingerprint density at radius 1 is 1.00 bits per heavy atom. The molecule has 3 nitrogen and oxygen atoms in total. The lowest BCUT2D eigenvalue weighted by Gasteiger charge is -2.23. The van der Waals surface area contributed by atoms with Gasteiger partial charge in [-0.25, -0.2) is 8.42 Å². The Morgan fingerprint density at radius 2 is 1.40 bits per heavy atom. The predicted octanol–water partition coefficient (Wildman–Crippen LogP) is 3.28. The van der Waals surface area contributed by atoms with Crippen LogP contribution in [0.5, 0.6) is 0 Å². The van der Waals surface area contributed by atoms with Gasteiger partial charge >= 0.3 is 0 Å². The highest BCUT2D eigenvalue weighted by atomic mass is 32.2. The van der Waals surface area contributed by atoms with E-state index in [1.165, 1.54) is 4.31 Å². The van der Waals surface area contributed by atoms with E-state index >= 15 is 0 Å². The Hall–Kier alpha value is -1.39. The minimum Gasteiger partial charge on any atom is -0.207 e. The molecule has 20 heavy (non-hydrogen) atoms. The van der Waals surface area contributed by atoms with Crippen LogP contribution in [0.15, 0.2) is 36.3 Å². The summed E-state index contributed by atoms with van der Waals surface area (Å²) in [4.78, 5) is 0.415. The highest BCUT2D eigenvalue weighted by molar-refractivity contribution is 7.89. The molecule has 0 heterocycles. The number of benzene rings is 1. The van der Waals surface area contributed by atoms with E-state index < -0.39 is 10.0 Å². The molecule has 4 heteroatoms. The summed E-state index contributed by atoms with van der Waals surface area (Å²) >= 11 is 0. The van der Waals surface area contributed by atoms with Crippen LogP contribution in [-0.4, -0.2) is 25.8 Å². The summed E-state index contributed by atoms with van der Waals surface area (Å²) in [6, 6.07) is 2.02. The van der Waals surface area contributed by atoms with Crippen molar-refractivity contribution in [1.29, 1.82) is 0 Å². The van der Waals surface area contributed by atoms with E-state index in [4.69, 9.17) is 0 Å². The molecule has 1 aromatic rings. The first-order valence-electron chi connectivity index (χ1n) is 6.56. The van der Waals surface area contributed by atoms with Gasteiger partial charge in [0.2, 0.25) is 10.0 Å². The third kappa shape index (κ3) is 3.02. The first-order chi connectivity index (χ1) is 9.27. The molecule has 0 aliphatic rings. The smallest absolute Gasteiger partial charge is 0.207 e. The van der Waals surface area contributed by atoms with Crippen molar-refractivity contribution in [1.82, 2.24) is 4.31 Å². The largest absolute Gasteiger partial charge is 0.244 e. The molecule has 0 saturated carbocycles. The Bertz CT molecular complexity index is 594. The Balaban J connectivity index is 3.56. The first-order valence-corrected chi connectivity index (χ1v) is 8.00. The summed E-state index contributed by atoms with van der Waals surface area (Å²) in [6.07, 6.45) is 3.18. The van der Waals surface area contributed by atoms with Crippen LogP contribution >= 0.6 is 0 Å². The average molecular weight is 293 g/mol. The standard InChI is InChI=1S/C16H23NO2S/c1-7-9-17(10-8-2)20(18,19)16-14(5)12(3)11-13(4)15(16)6/h7-8,11H,1-2,9-10H2,3-6H3. The average Bonchev–Trinajstić information content (AvgIpc) is 2.36. The van der Waals surface area contributed by atoms with Gasteiger partial charge in [0.25, 0.3) is 0 Å².